The van der Waals surface area contributed by atoms with E-state index in [-0.39, 0.29) is 24.4 Å². The van der Waals surface area contributed by atoms with E-state index in [4.69, 9.17) is 4.74 Å². The maximum absolute atomic E-state index is 12.4. The standard InChI is InChI=1S/C16H26O6/c1-15(2,3)13(19)10(14(20)22-7)9-16(4,5)11(17)8-12(18)21-6/h10H,8-9H2,1-7H3. The molecular formula is C16H26O6. The number of esters is 2. The molecule has 6 nitrogen and oxygen atoms in total. The molecule has 0 heterocycles. The van der Waals surface area contributed by atoms with Crippen LogP contribution in [0.25, 0.3) is 0 Å². The highest BCUT2D eigenvalue weighted by Gasteiger charge is 2.41. The Bertz CT molecular complexity index is 456. The third-order valence-corrected chi connectivity index (χ3v) is 3.54. The van der Waals surface area contributed by atoms with E-state index < -0.39 is 28.7 Å². The Morgan fingerprint density at radius 3 is 1.77 bits per heavy atom. The maximum Gasteiger partial charge on any atom is 0.316 e. The molecule has 0 rings (SSSR count). The lowest BCUT2D eigenvalue weighted by Crippen LogP contribution is -2.39. The average Bonchev–Trinajstić information content (AvgIpc) is 2.41. The third kappa shape index (κ3) is 5.58. The molecule has 0 saturated heterocycles. The monoisotopic (exact) mass is 314 g/mol. The molecular weight excluding hydrogens is 288 g/mol. The number of methoxy groups -OCH3 is 2. The summed E-state index contributed by atoms with van der Waals surface area (Å²) < 4.78 is 9.17. The smallest absolute Gasteiger partial charge is 0.316 e. The van der Waals surface area contributed by atoms with Crippen molar-refractivity contribution in [3.8, 4) is 0 Å². The molecule has 0 radical (unpaired) electrons. The molecule has 0 amide bonds. The van der Waals surface area contributed by atoms with Crippen molar-refractivity contribution in [1.29, 1.82) is 0 Å². The average molecular weight is 314 g/mol. The lowest BCUT2D eigenvalue weighted by molar-refractivity contribution is -0.153. The summed E-state index contributed by atoms with van der Waals surface area (Å²) in [5, 5.41) is 0. The summed E-state index contributed by atoms with van der Waals surface area (Å²) in [6, 6.07) is 0. The Morgan fingerprint density at radius 2 is 1.41 bits per heavy atom. The molecule has 0 aromatic heterocycles. The van der Waals surface area contributed by atoms with E-state index >= 15 is 0 Å². The zero-order chi connectivity index (χ0) is 17.7. The molecule has 0 spiro atoms. The lowest BCUT2D eigenvalue weighted by atomic mass is 9.72. The van der Waals surface area contributed by atoms with Crippen LogP contribution in [-0.2, 0) is 28.7 Å². The molecule has 126 valence electrons. The van der Waals surface area contributed by atoms with Gasteiger partial charge in [-0.05, 0) is 6.42 Å². The number of ether oxygens (including phenoxy) is 2. The number of Topliss-reactive ketones (excluding diaryl/α,β-unsaturated/α-hetero) is 2. The second-order valence-electron chi connectivity index (χ2n) is 6.95. The molecule has 0 N–H and O–H groups in total. The zero-order valence-electron chi connectivity index (χ0n) is 14.4. The Balaban J connectivity index is 5.29. The molecule has 0 aromatic carbocycles. The second-order valence-corrected chi connectivity index (χ2v) is 6.95. The lowest BCUT2D eigenvalue weighted by Gasteiger charge is -2.29. The first-order chi connectivity index (χ1) is 9.86. The summed E-state index contributed by atoms with van der Waals surface area (Å²) in [4.78, 5) is 47.8. The molecule has 0 aromatic rings. The van der Waals surface area contributed by atoms with Crippen molar-refractivity contribution in [2.75, 3.05) is 14.2 Å². The highest BCUT2D eigenvalue weighted by atomic mass is 16.5. The summed E-state index contributed by atoms with van der Waals surface area (Å²) in [6.45, 7) is 8.31. The van der Waals surface area contributed by atoms with Gasteiger partial charge in [0.15, 0.2) is 5.78 Å². The highest BCUT2D eigenvalue weighted by Crippen LogP contribution is 2.33. The van der Waals surface area contributed by atoms with Gasteiger partial charge in [0.1, 0.15) is 18.1 Å². The first kappa shape index (κ1) is 20.3. The first-order valence-corrected chi connectivity index (χ1v) is 7.09. The topological polar surface area (TPSA) is 86.7 Å². The van der Waals surface area contributed by atoms with E-state index in [2.05, 4.69) is 4.74 Å². The van der Waals surface area contributed by atoms with Crippen LogP contribution in [0.4, 0.5) is 0 Å². The minimum absolute atomic E-state index is 0.00833. The minimum atomic E-state index is -1.04. The molecule has 6 heteroatoms. The molecule has 0 fully saturated rings. The van der Waals surface area contributed by atoms with Crippen molar-refractivity contribution >= 4 is 23.5 Å². The number of carbonyl (C=O) groups excluding carboxylic acids is 4. The molecule has 0 aliphatic carbocycles. The van der Waals surface area contributed by atoms with Gasteiger partial charge in [0.05, 0.1) is 14.2 Å². The fourth-order valence-electron chi connectivity index (χ4n) is 2.01. The van der Waals surface area contributed by atoms with Crippen molar-refractivity contribution in [3.05, 3.63) is 0 Å². The van der Waals surface area contributed by atoms with Crippen molar-refractivity contribution in [2.45, 2.75) is 47.5 Å². The van der Waals surface area contributed by atoms with Crippen LogP contribution in [0.2, 0.25) is 0 Å². The highest BCUT2D eigenvalue weighted by molar-refractivity contribution is 6.03. The van der Waals surface area contributed by atoms with Crippen LogP contribution in [0.5, 0.6) is 0 Å². The van der Waals surface area contributed by atoms with Crippen LogP contribution < -0.4 is 0 Å². The van der Waals surface area contributed by atoms with Gasteiger partial charge < -0.3 is 9.47 Å². The van der Waals surface area contributed by atoms with E-state index in [0.717, 1.165) is 0 Å². The van der Waals surface area contributed by atoms with E-state index in [1.165, 1.54) is 14.2 Å². The number of ketones is 2. The minimum Gasteiger partial charge on any atom is -0.469 e. The van der Waals surface area contributed by atoms with E-state index in [1.807, 2.05) is 0 Å². The van der Waals surface area contributed by atoms with Crippen LogP contribution in [0.15, 0.2) is 0 Å². The second kappa shape index (κ2) is 7.51. The first-order valence-electron chi connectivity index (χ1n) is 7.09. The number of hydrogen-bond donors (Lipinski definition) is 0. The quantitative estimate of drug-likeness (QED) is 0.527. The predicted octanol–water partition coefficient (Wildman–Crippen LogP) is 1.94. The Kier molecular flexibility index (Phi) is 6.93. The van der Waals surface area contributed by atoms with Gasteiger partial charge in [-0.2, -0.15) is 0 Å². The summed E-state index contributed by atoms with van der Waals surface area (Å²) in [7, 11) is 2.40. The van der Waals surface area contributed by atoms with Crippen molar-refractivity contribution in [3.63, 3.8) is 0 Å². The predicted molar refractivity (Wildman–Crippen MR) is 80.0 cm³/mol. The Labute approximate surface area is 131 Å². The molecule has 22 heavy (non-hydrogen) atoms. The molecule has 0 aliphatic heterocycles. The Morgan fingerprint density at radius 1 is 0.909 bits per heavy atom. The zero-order valence-corrected chi connectivity index (χ0v) is 14.4. The van der Waals surface area contributed by atoms with Crippen LogP contribution in [0.3, 0.4) is 0 Å². The van der Waals surface area contributed by atoms with E-state index in [9.17, 15) is 19.2 Å². The maximum atomic E-state index is 12.4. The summed E-state index contributed by atoms with van der Waals surface area (Å²) >= 11 is 0. The normalized spacial score (nSPS) is 13.2. The molecule has 0 bridgehead atoms. The van der Waals surface area contributed by atoms with Gasteiger partial charge in [-0.15, -0.1) is 0 Å². The van der Waals surface area contributed by atoms with Gasteiger partial charge in [0.2, 0.25) is 0 Å². The fourth-order valence-corrected chi connectivity index (χ4v) is 2.01. The molecule has 1 atom stereocenters. The van der Waals surface area contributed by atoms with Crippen LogP contribution >= 0.6 is 0 Å². The summed E-state index contributed by atoms with van der Waals surface area (Å²) in [5.41, 5.74) is -1.76. The third-order valence-electron chi connectivity index (χ3n) is 3.54. The summed E-state index contributed by atoms with van der Waals surface area (Å²) in [5.74, 6) is -3.02. The van der Waals surface area contributed by atoms with Crippen LogP contribution in [0.1, 0.15) is 47.5 Å². The number of hydrogen-bond acceptors (Lipinski definition) is 6. The molecule has 0 saturated carbocycles. The molecule has 1 unspecified atom stereocenters. The van der Waals surface area contributed by atoms with Gasteiger partial charge in [0, 0.05) is 10.8 Å². The van der Waals surface area contributed by atoms with E-state index in [0.29, 0.717) is 0 Å². The summed E-state index contributed by atoms with van der Waals surface area (Å²) in [6.07, 6.45) is -0.396. The largest absolute Gasteiger partial charge is 0.469 e. The van der Waals surface area contributed by atoms with Crippen molar-refractivity contribution < 1.29 is 28.7 Å². The van der Waals surface area contributed by atoms with Crippen LogP contribution in [0, 0.1) is 16.7 Å². The Hall–Kier alpha value is -1.72. The number of carbonyl (C=O) groups is 4. The van der Waals surface area contributed by atoms with Crippen molar-refractivity contribution in [2.24, 2.45) is 16.7 Å². The van der Waals surface area contributed by atoms with E-state index in [1.54, 1.807) is 34.6 Å². The van der Waals surface area contributed by atoms with Gasteiger partial charge in [-0.25, -0.2) is 0 Å². The van der Waals surface area contributed by atoms with Crippen molar-refractivity contribution in [1.82, 2.24) is 0 Å². The fraction of sp³-hybridized carbons (Fsp3) is 0.750. The van der Waals surface area contributed by atoms with Crippen LogP contribution in [-0.4, -0.2) is 37.7 Å². The molecule has 0 aliphatic rings. The van der Waals surface area contributed by atoms with Gasteiger partial charge >= 0.3 is 11.9 Å². The number of rotatable bonds is 7. The van der Waals surface area contributed by atoms with Gasteiger partial charge in [-0.3, -0.25) is 19.2 Å². The van der Waals surface area contributed by atoms with Gasteiger partial charge in [0.25, 0.3) is 0 Å². The van der Waals surface area contributed by atoms with Gasteiger partial charge in [-0.1, -0.05) is 34.6 Å². The SMILES string of the molecule is COC(=O)CC(=O)C(C)(C)CC(C(=O)OC)C(=O)C(C)(C)C.